The molecular weight excluding hydrogens is 266 g/mol. The molecule has 0 amide bonds. The number of aliphatic carboxylic acids is 1. The summed E-state index contributed by atoms with van der Waals surface area (Å²) in [7, 11) is 1.68. The van der Waals surface area contributed by atoms with Gasteiger partial charge in [0.1, 0.15) is 5.75 Å². The van der Waals surface area contributed by atoms with Crippen LogP contribution in [0.4, 0.5) is 0 Å². The van der Waals surface area contributed by atoms with Gasteiger partial charge >= 0.3 is 5.97 Å². The van der Waals surface area contributed by atoms with Gasteiger partial charge in [-0.15, -0.1) is 0 Å². The number of hydrogen-bond acceptors (Lipinski definition) is 3. The molecule has 4 nitrogen and oxygen atoms in total. The van der Waals surface area contributed by atoms with Crippen molar-refractivity contribution in [3.63, 3.8) is 0 Å². The van der Waals surface area contributed by atoms with Crippen LogP contribution in [0.5, 0.6) is 5.75 Å². The number of rotatable bonds is 6. The lowest BCUT2D eigenvalue weighted by Crippen LogP contribution is -2.34. The molecule has 2 rings (SSSR count). The van der Waals surface area contributed by atoms with Gasteiger partial charge in [0, 0.05) is 6.54 Å². The zero-order valence-corrected chi connectivity index (χ0v) is 12.9. The van der Waals surface area contributed by atoms with Crippen molar-refractivity contribution >= 4 is 5.97 Å². The van der Waals surface area contributed by atoms with Crippen molar-refractivity contribution < 1.29 is 14.6 Å². The van der Waals surface area contributed by atoms with Crippen LogP contribution in [0, 0.1) is 11.8 Å². The first-order valence-corrected chi connectivity index (χ1v) is 7.66. The minimum atomic E-state index is -0.671. The average molecular weight is 291 g/mol. The minimum Gasteiger partial charge on any atom is -0.497 e. The molecule has 0 bridgehead atoms. The van der Waals surface area contributed by atoms with E-state index in [2.05, 4.69) is 17.0 Å². The standard InChI is InChI=1S/C17H25NO3/c1-13(17(19)20)11-14-7-9-18(10-8-14)12-15-3-5-16(21-2)6-4-15/h3-6,13-14H,7-12H2,1-2H3,(H,19,20). The topological polar surface area (TPSA) is 49.8 Å². The number of carbonyl (C=O) groups is 1. The van der Waals surface area contributed by atoms with Crippen LogP contribution < -0.4 is 4.74 Å². The van der Waals surface area contributed by atoms with Crippen LogP contribution in [0.25, 0.3) is 0 Å². The maximum absolute atomic E-state index is 10.9. The summed E-state index contributed by atoms with van der Waals surface area (Å²) in [5, 5.41) is 8.98. The first-order valence-electron chi connectivity index (χ1n) is 7.66. The summed E-state index contributed by atoms with van der Waals surface area (Å²) in [5.74, 6) is 0.558. The number of carboxylic acids is 1. The molecule has 1 atom stereocenters. The molecule has 1 aromatic carbocycles. The third-order valence-electron chi connectivity index (χ3n) is 4.38. The Kier molecular flexibility index (Phi) is 5.62. The number of ether oxygens (including phenoxy) is 1. The predicted octanol–water partition coefficient (Wildman–Crippen LogP) is 3.02. The van der Waals surface area contributed by atoms with Crippen molar-refractivity contribution in [3.8, 4) is 5.75 Å². The summed E-state index contributed by atoms with van der Waals surface area (Å²) in [4.78, 5) is 13.4. The highest BCUT2D eigenvalue weighted by molar-refractivity contribution is 5.69. The molecule has 116 valence electrons. The second-order valence-electron chi connectivity index (χ2n) is 6.04. The summed E-state index contributed by atoms with van der Waals surface area (Å²) in [6.45, 7) is 4.89. The highest BCUT2D eigenvalue weighted by atomic mass is 16.5. The van der Waals surface area contributed by atoms with E-state index in [9.17, 15) is 4.79 Å². The van der Waals surface area contributed by atoms with Crippen LogP contribution in [0.3, 0.4) is 0 Å². The van der Waals surface area contributed by atoms with E-state index in [1.807, 2.05) is 19.1 Å². The summed E-state index contributed by atoms with van der Waals surface area (Å²) in [5.41, 5.74) is 1.30. The van der Waals surface area contributed by atoms with E-state index in [-0.39, 0.29) is 5.92 Å². The quantitative estimate of drug-likeness (QED) is 0.875. The fourth-order valence-electron chi connectivity index (χ4n) is 2.97. The van der Waals surface area contributed by atoms with Crippen LogP contribution in [0.2, 0.25) is 0 Å². The summed E-state index contributed by atoms with van der Waals surface area (Å²) in [6, 6.07) is 8.21. The van der Waals surface area contributed by atoms with E-state index in [0.29, 0.717) is 5.92 Å². The second kappa shape index (κ2) is 7.46. The molecule has 0 aromatic heterocycles. The molecular formula is C17H25NO3. The largest absolute Gasteiger partial charge is 0.497 e. The Hall–Kier alpha value is -1.55. The maximum Gasteiger partial charge on any atom is 0.306 e. The van der Waals surface area contributed by atoms with Gasteiger partial charge in [-0.2, -0.15) is 0 Å². The fraction of sp³-hybridized carbons (Fsp3) is 0.588. The molecule has 1 aliphatic rings. The number of likely N-dealkylation sites (tertiary alicyclic amines) is 1. The molecule has 1 saturated heterocycles. The molecule has 0 spiro atoms. The molecule has 1 N–H and O–H groups in total. The van der Waals surface area contributed by atoms with Gasteiger partial charge in [-0.05, 0) is 56.0 Å². The van der Waals surface area contributed by atoms with Crippen LogP contribution in [-0.4, -0.2) is 36.2 Å². The summed E-state index contributed by atoms with van der Waals surface area (Å²) < 4.78 is 5.17. The van der Waals surface area contributed by atoms with Crippen molar-refractivity contribution in [2.75, 3.05) is 20.2 Å². The van der Waals surface area contributed by atoms with E-state index in [1.165, 1.54) is 5.56 Å². The first kappa shape index (κ1) is 15.8. The van der Waals surface area contributed by atoms with Crippen molar-refractivity contribution in [1.82, 2.24) is 4.90 Å². The summed E-state index contributed by atoms with van der Waals surface area (Å²) in [6.07, 6.45) is 3.02. The molecule has 1 aromatic rings. The Morgan fingerprint density at radius 3 is 2.48 bits per heavy atom. The lowest BCUT2D eigenvalue weighted by atomic mass is 9.88. The van der Waals surface area contributed by atoms with Gasteiger partial charge < -0.3 is 9.84 Å². The molecule has 0 aliphatic carbocycles. The Labute approximate surface area is 126 Å². The fourth-order valence-corrected chi connectivity index (χ4v) is 2.97. The van der Waals surface area contributed by atoms with Crippen molar-refractivity contribution in [2.24, 2.45) is 11.8 Å². The minimum absolute atomic E-state index is 0.219. The molecule has 4 heteroatoms. The van der Waals surface area contributed by atoms with E-state index in [4.69, 9.17) is 9.84 Å². The highest BCUT2D eigenvalue weighted by Gasteiger charge is 2.23. The van der Waals surface area contributed by atoms with Crippen molar-refractivity contribution in [1.29, 1.82) is 0 Å². The highest BCUT2D eigenvalue weighted by Crippen LogP contribution is 2.25. The Balaban J connectivity index is 1.77. The Morgan fingerprint density at radius 2 is 1.95 bits per heavy atom. The Bertz CT molecular complexity index is 450. The van der Waals surface area contributed by atoms with Gasteiger partial charge in [-0.1, -0.05) is 19.1 Å². The third kappa shape index (κ3) is 4.74. The van der Waals surface area contributed by atoms with Gasteiger partial charge in [-0.3, -0.25) is 9.69 Å². The number of nitrogens with zero attached hydrogens (tertiary/aromatic N) is 1. The summed E-state index contributed by atoms with van der Waals surface area (Å²) >= 11 is 0. The van der Waals surface area contributed by atoms with Crippen LogP contribution >= 0.6 is 0 Å². The lowest BCUT2D eigenvalue weighted by molar-refractivity contribution is -0.141. The van der Waals surface area contributed by atoms with Gasteiger partial charge in [0.25, 0.3) is 0 Å². The number of benzene rings is 1. The molecule has 1 heterocycles. The third-order valence-corrected chi connectivity index (χ3v) is 4.38. The smallest absolute Gasteiger partial charge is 0.306 e. The second-order valence-corrected chi connectivity index (χ2v) is 6.04. The van der Waals surface area contributed by atoms with Gasteiger partial charge in [0.2, 0.25) is 0 Å². The average Bonchev–Trinajstić information content (AvgIpc) is 2.50. The zero-order chi connectivity index (χ0) is 15.2. The van der Waals surface area contributed by atoms with E-state index < -0.39 is 5.97 Å². The number of hydrogen-bond donors (Lipinski definition) is 1. The normalized spacial score (nSPS) is 18.4. The first-order chi connectivity index (χ1) is 10.1. The zero-order valence-electron chi connectivity index (χ0n) is 12.9. The molecule has 0 radical (unpaired) electrons. The van der Waals surface area contributed by atoms with E-state index in [1.54, 1.807) is 7.11 Å². The van der Waals surface area contributed by atoms with Crippen molar-refractivity contribution in [3.05, 3.63) is 29.8 Å². The van der Waals surface area contributed by atoms with E-state index >= 15 is 0 Å². The number of piperidine rings is 1. The molecule has 1 aliphatic heterocycles. The molecule has 1 unspecified atom stereocenters. The maximum atomic E-state index is 10.9. The van der Waals surface area contributed by atoms with Crippen molar-refractivity contribution in [2.45, 2.75) is 32.7 Å². The molecule has 1 fully saturated rings. The van der Waals surface area contributed by atoms with Crippen LogP contribution in [0.1, 0.15) is 31.7 Å². The number of carboxylic acid groups (broad SMARTS) is 1. The van der Waals surface area contributed by atoms with Crippen LogP contribution in [0.15, 0.2) is 24.3 Å². The number of methoxy groups -OCH3 is 1. The molecule has 0 saturated carbocycles. The Morgan fingerprint density at radius 1 is 1.33 bits per heavy atom. The predicted molar refractivity (Wildman–Crippen MR) is 82.4 cm³/mol. The van der Waals surface area contributed by atoms with Gasteiger partial charge in [-0.25, -0.2) is 0 Å². The lowest BCUT2D eigenvalue weighted by Gasteiger charge is -2.32. The SMILES string of the molecule is COc1ccc(CN2CCC(CC(C)C(=O)O)CC2)cc1. The molecule has 21 heavy (non-hydrogen) atoms. The monoisotopic (exact) mass is 291 g/mol. The van der Waals surface area contributed by atoms with Gasteiger partial charge in [0.15, 0.2) is 0 Å². The van der Waals surface area contributed by atoms with Gasteiger partial charge in [0.05, 0.1) is 13.0 Å². The van der Waals surface area contributed by atoms with Crippen LogP contribution in [-0.2, 0) is 11.3 Å². The van der Waals surface area contributed by atoms with E-state index in [0.717, 1.165) is 44.6 Å².